The Bertz CT molecular complexity index is 519. The van der Waals surface area contributed by atoms with Gasteiger partial charge in [-0.1, -0.05) is 0 Å². The molecule has 1 aromatic rings. The molecule has 1 heterocycles. The fourth-order valence-corrected chi connectivity index (χ4v) is 1.47. The minimum absolute atomic E-state index is 0. The van der Waals surface area contributed by atoms with E-state index in [9.17, 15) is 9.59 Å². The molecule has 1 rings (SSSR count). The molecule has 0 saturated heterocycles. The van der Waals surface area contributed by atoms with Crippen LogP contribution < -0.4 is 59.1 Å². The number of carboxylic acids is 2. The van der Waals surface area contributed by atoms with Crippen LogP contribution in [-0.4, -0.2) is 22.2 Å². The van der Waals surface area contributed by atoms with Crippen LogP contribution in [0.2, 0.25) is 0 Å². The van der Waals surface area contributed by atoms with E-state index >= 15 is 0 Å². The van der Waals surface area contributed by atoms with E-state index in [1.165, 1.54) is 13.0 Å². The predicted octanol–water partition coefficient (Wildman–Crippen LogP) is -3.45. The summed E-state index contributed by atoms with van der Waals surface area (Å²) in [5, 5.41) is 17.5. The van der Waals surface area contributed by atoms with Gasteiger partial charge in [-0.15, -0.1) is 0 Å². The molecule has 5 nitrogen and oxygen atoms in total. The molecule has 0 saturated carbocycles. The van der Waals surface area contributed by atoms with Crippen molar-refractivity contribution in [1.29, 1.82) is 0 Å². The molecule has 0 atom stereocenters. The summed E-state index contributed by atoms with van der Waals surface area (Å²) < 4.78 is 5.59. The van der Waals surface area contributed by atoms with E-state index < -0.39 is 11.9 Å². The number of carboxylic acid groups (broad SMARTS) is 2. The molecule has 0 aliphatic heterocycles. The van der Waals surface area contributed by atoms with Crippen molar-refractivity contribution in [2.24, 2.45) is 0 Å². The van der Waals surface area contributed by atoms with Crippen LogP contribution in [0.4, 0.5) is 0 Å². The monoisotopic (exact) mass is 346 g/mol. The van der Waals surface area contributed by atoms with Gasteiger partial charge in [-0.3, -0.25) is 0 Å². The number of rotatable bonds is 4. The van der Waals surface area contributed by atoms with Crippen molar-refractivity contribution in [3.05, 3.63) is 39.8 Å². The molecule has 0 aromatic carbocycles. The maximum atomic E-state index is 11.0. The first kappa shape index (κ1) is 21.5. The third kappa shape index (κ3) is 7.51. The number of aliphatic carboxylic acids is 2. The van der Waals surface area contributed by atoms with E-state index in [1.807, 2.05) is 0 Å². The Balaban J connectivity index is 0. The van der Waals surface area contributed by atoms with Gasteiger partial charge in [0, 0.05) is 6.08 Å². The second-order valence-electron chi connectivity index (χ2n) is 3.17. The first-order chi connectivity index (χ1) is 7.90. The van der Waals surface area contributed by atoms with Crippen LogP contribution in [0.3, 0.4) is 0 Å². The fourth-order valence-electron chi connectivity index (χ4n) is 1.16. The van der Waals surface area contributed by atoms with E-state index in [2.05, 4.69) is 15.9 Å². The van der Waals surface area contributed by atoms with Crippen LogP contribution >= 0.6 is 15.9 Å². The van der Waals surface area contributed by atoms with Gasteiger partial charge in [0.25, 0.3) is 0 Å². The van der Waals surface area contributed by atoms with Gasteiger partial charge < -0.3 is 14.6 Å². The molecule has 90 valence electrons. The average Bonchev–Trinajstić information content (AvgIpc) is 2.58. The normalized spacial score (nSPS) is 11.3. The second kappa shape index (κ2) is 9.99. The Morgan fingerprint density at radius 3 is 2.21 bits per heavy atom. The van der Waals surface area contributed by atoms with Crippen LogP contribution in [0, 0.1) is 0 Å². The van der Waals surface area contributed by atoms with E-state index in [0.29, 0.717) is 10.4 Å². The Labute approximate surface area is 162 Å². The largest absolute Gasteiger partial charge is 1.00 e. The van der Waals surface area contributed by atoms with Crippen molar-refractivity contribution in [2.75, 3.05) is 0 Å². The zero-order valence-corrected chi connectivity index (χ0v) is 16.4. The van der Waals surface area contributed by atoms with Crippen LogP contribution in [0.15, 0.2) is 38.4 Å². The minimum Gasteiger partial charge on any atom is -0.478 e. The summed E-state index contributed by atoms with van der Waals surface area (Å²) in [5.74, 6) is -2.09. The summed E-state index contributed by atoms with van der Waals surface area (Å²) in [4.78, 5) is 21.4. The van der Waals surface area contributed by atoms with Crippen molar-refractivity contribution in [3.8, 4) is 0 Å². The van der Waals surface area contributed by atoms with Crippen LogP contribution in [-0.2, 0) is 9.59 Å². The van der Waals surface area contributed by atoms with Crippen molar-refractivity contribution in [3.63, 3.8) is 0 Å². The minimum atomic E-state index is -1.22. The van der Waals surface area contributed by atoms with Crippen molar-refractivity contribution in [1.82, 2.24) is 0 Å². The van der Waals surface area contributed by atoms with Crippen molar-refractivity contribution in [2.45, 2.75) is 6.92 Å². The van der Waals surface area contributed by atoms with E-state index in [1.54, 1.807) is 12.1 Å². The second-order valence-corrected chi connectivity index (χ2v) is 3.95. The number of carbonyl (C=O) groups is 2. The van der Waals surface area contributed by atoms with E-state index in [-0.39, 0.29) is 70.3 Å². The molecule has 0 aliphatic rings. The molecule has 0 spiro atoms. The zero-order chi connectivity index (χ0) is 13.0. The third-order valence-corrected chi connectivity index (χ3v) is 2.30. The van der Waals surface area contributed by atoms with Crippen LogP contribution in [0.25, 0.3) is 6.08 Å². The van der Waals surface area contributed by atoms with Gasteiger partial charge >= 0.3 is 71.1 Å². The molecule has 0 radical (unpaired) electrons. The van der Waals surface area contributed by atoms with Crippen molar-refractivity contribution < 1.29 is 83.3 Å². The molecule has 19 heavy (non-hydrogen) atoms. The quantitative estimate of drug-likeness (QED) is 0.336. The summed E-state index contributed by atoms with van der Waals surface area (Å²) in [6.45, 7) is 1.41. The molecule has 2 N–H and O–H groups in total. The Morgan fingerprint density at radius 2 is 1.84 bits per heavy atom. The molecule has 8 heteroatoms. The number of halogens is 1. The Morgan fingerprint density at radius 1 is 1.26 bits per heavy atom. The molecule has 0 bridgehead atoms. The predicted molar refractivity (Wildman–Crippen MR) is 63.4 cm³/mol. The molecule has 0 amide bonds. The fraction of sp³-hybridized carbons (Fsp3) is 0.0909. The van der Waals surface area contributed by atoms with Gasteiger partial charge in [0.2, 0.25) is 0 Å². The molecule has 1 aromatic heterocycles. The zero-order valence-electron chi connectivity index (χ0n) is 10.8. The molecule has 0 unspecified atom stereocenters. The van der Waals surface area contributed by atoms with E-state index in [0.717, 1.165) is 6.08 Å². The van der Waals surface area contributed by atoms with Gasteiger partial charge in [-0.25, -0.2) is 9.59 Å². The Kier molecular flexibility index (Phi) is 11.3. The smallest absolute Gasteiger partial charge is 0.478 e. The van der Waals surface area contributed by atoms with Gasteiger partial charge in [-0.05, 0) is 46.6 Å². The summed E-state index contributed by atoms with van der Waals surface area (Å²) >= 11 is 3.08. The summed E-state index contributed by atoms with van der Waals surface area (Å²) in [6, 6.07) is 3.18. The SMILES string of the molecule is CC(=C\C(=O)O)/C(=C/c1ccc(Br)o1)C(=O)O.[Na+].[Na+]. The van der Waals surface area contributed by atoms with Crippen LogP contribution in [0.5, 0.6) is 0 Å². The molecule has 0 fully saturated rings. The maximum Gasteiger partial charge on any atom is 1.00 e. The molecular weight excluding hydrogens is 338 g/mol. The standard InChI is InChI=1S/C11H9BrO5.2Na/c1-6(4-10(13)14)8(11(15)16)5-7-2-3-9(12)17-7;;/h2-5H,1H3,(H,13,14)(H,15,16);;/q;2*+1/b6-4+,8-5-;;. The van der Waals surface area contributed by atoms with E-state index in [4.69, 9.17) is 14.6 Å². The van der Waals surface area contributed by atoms with Crippen molar-refractivity contribution >= 4 is 33.9 Å². The Hall–Kier alpha value is 0.180. The molecule has 0 aliphatic carbocycles. The number of hydrogen-bond donors (Lipinski definition) is 2. The van der Waals surface area contributed by atoms with Gasteiger partial charge in [0.1, 0.15) is 5.76 Å². The summed E-state index contributed by atoms with van der Waals surface area (Å²) in [5.41, 5.74) is 0.00627. The topological polar surface area (TPSA) is 87.7 Å². The summed E-state index contributed by atoms with van der Waals surface area (Å²) in [6.07, 6.45) is 2.10. The first-order valence-electron chi connectivity index (χ1n) is 4.52. The van der Waals surface area contributed by atoms with Gasteiger partial charge in [0.05, 0.1) is 5.57 Å². The van der Waals surface area contributed by atoms with Gasteiger partial charge in [-0.2, -0.15) is 0 Å². The maximum absolute atomic E-state index is 11.0. The van der Waals surface area contributed by atoms with Crippen LogP contribution in [0.1, 0.15) is 12.7 Å². The average molecular weight is 347 g/mol. The third-order valence-electron chi connectivity index (χ3n) is 1.88. The number of hydrogen-bond acceptors (Lipinski definition) is 3. The first-order valence-corrected chi connectivity index (χ1v) is 5.31. The van der Waals surface area contributed by atoms with Gasteiger partial charge in [0.15, 0.2) is 4.67 Å². The number of furan rings is 1. The summed E-state index contributed by atoms with van der Waals surface area (Å²) in [7, 11) is 0. The molecular formula is C11H9BrNa2O5+2.